The maximum atomic E-state index is 13.7. The predicted octanol–water partition coefficient (Wildman–Crippen LogP) is 3.91. The van der Waals surface area contributed by atoms with Crippen molar-refractivity contribution in [2.45, 2.75) is 25.2 Å². The number of fused-ring (bicyclic) bond motifs is 4. The highest BCUT2D eigenvalue weighted by Crippen LogP contribution is 2.52. The summed E-state index contributed by atoms with van der Waals surface area (Å²) >= 11 is 6.37. The first-order valence-electron chi connectivity index (χ1n) is 9.62. The smallest absolute Gasteiger partial charge is 0.242 e. The zero-order valence-corrected chi connectivity index (χ0v) is 16.6. The predicted molar refractivity (Wildman–Crippen MR) is 112 cm³/mol. The van der Waals surface area contributed by atoms with Crippen molar-refractivity contribution in [2.24, 2.45) is 0 Å². The first-order valence-corrected chi connectivity index (χ1v) is 10.0. The number of halogens is 1. The van der Waals surface area contributed by atoms with Crippen LogP contribution in [0.3, 0.4) is 0 Å². The highest BCUT2D eigenvalue weighted by Gasteiger charge is 2.56. The van der Waals surface area contributed by atoms with Crippen molar-refractivity contribution in [3.8, 4) is 5.69 Å². The van der Waals surface area contributed by atoms with Gasteiger partial charge in [0.2, 0.25) is 11.8 Å². The van der Waals surface area contributed by atoms with E-state index in [0.717, 1.165) is 17.7 Å². The van der Waals surface area contributed by atoms with Crippen LogP contribution in [0.4, 0.5) is 11.5 Å². The van der Waals surface area contributed by atoms with E-state index < -0.39 is 5.41 Å². The average molecular weight is 407 g/mol. The third-order valence-electron chi connectivity index (χ3n) is 5.71. The highest BCUT2D eigenvalue weighted by molar-refractivity contribution is 6.32. The Bertz CT molecular complexity index is 1160. The number of hydrogen-bond donors (Lipinski definition) is 1. The molecule has 2 amide bonds. The Hall–Kier alpha value is -3.12. The fourth-order valence-corrected chi connectivity index (χ4v) is 4.72. The fourth-order valence-electron chi connectivity index (χ4n) is 4.50. The molecule has 0 bridgehead atoms. The lowest BCUT2D eigenvalue weighted by Crippen LogP contribution is -2.46. The average Bonchev–Trinajstić information content (AvgIpc) is 3.23. The van der Waals surface area contributed by atoms with Crippen LogP contribution in [0.5, 0.6) is 0 Å². The maximum absolute atomic E-state index is 13.7. The van der Waals surface area contributed by atoms with Gasteiger partial charge in [-0.05, 0) is 30.2 Å². The first kappa shape index (κ1) is 17.9. The molecule has 0 radical (unpaired) electrons. The molecule has 29 heavy (non-hydrogen) atoms. The Labute approximate surface area is 173 Å². The molecule has 1 atom stereocenters. The van der Waals surface area contributed by atoms with Crippen LogP contribution >= 0.6 is 11.6 Å². The molecule has 146 valence electrons. The molecule has 1 unspecified atom stereocenters. The Balaban J connectivity index is 1.77. The van der Waals surface area contributed by atoms with Gasteiger partial charge < -0.3 is 10.2 Å². The Morgan fingerprint density at radius 2 is 1.79 bits per heavy atom. The minimum Gasteiger partial charge on any atom is -0.311 e. The molecule has 6 nitrogen and oxygen atoms in total. The van der Waals surface area contributed by atoms with Gasteiger partial charge in [-0.3, -0.25) is 9.59 Å². The lowest BCUT2D eigenvalue weighted by atomic mass is 9.72. The van der Waals surface area contributed by atoms with Gasteiger partial charge in [-0.1, -0.05) is 48.9 Å². The Morgan fingerprint density at radius 3 is 2.55 bits per heavy atom. The zero-order chi connectivity index (χ0) is 20.2. The third kappa shape index (κ3) is 2.39. The van der Waals surface area contributed by atoms with Gasteiger partial charge in [-0.2, -0.15) is 5.10 Å². The van der Waals surface area contributed by atoms with Crippen LogP contribution in [0.1, 0.15) is 30.9 Å². The van der Waals surface area contributed by atoms with E-state index in [4.69, 9.17) is 11.6 Å². The van der Waals surface area contributed by atoms with Crippen LogP contribution in [0.15, 0.2) is 54.7 Å². The summed E-state index contributed by atoms with van der Waals surface area (Å²) in [5.74, 6) is 0.207. The van der Waals surface area contributed by atoms with Gasteiger partial charge >= 0.3 is 0 Å². The number of rotatable bonds is 3. The molecule has 1 N–H and O–H groups in total. The number of benzene rings is 2. The lowest BCUT2D eigenvalue weighted by Gasteiger charge is -2.32. The van der Waals surface area contributed by atoms with Crippen LogP contribution in [-0.4, -0.2) is 28.1 Å². The van der Waals surface area contributed by atoms with E-state index in [1.54, 1.807) is 21.8 Å². The largest absolute Gasteiger partial charge is 0.311 e. The van der Waals surface area contributed by atoms with Crippen LogP contribution in [-0.2, 0) is 15.0 Å². The SMILES string of the molecule is CCCN1C(=O)C2(CC(=O)Nc3c2cnn3-c2ccccc2Cl)c2ccccc21. The van der Waals surface area contributed by atoms with Crippen LogP contribution in [0.2, 0.25) is 5.02 Å². The number of hydrogen-bond acceptors (Lipinski definition) is 3. The Morgan fingerprint density at radius 1 is 1.07 bits per heavy atom. The van der Waals surface area contributed by atoms with Crippen molar-refractivity contribution in [1.82, 2.24) is 9.78 Å². The first-order chi connectivity index (χ1) is 14.1. The molecular formula is C22H19ClN4O2. The molecule has 3 heterocycles. The molecule has 2 aliphatic rings. The number of aromatic nitrogens is 2. The number of carbonyl (C=O) groups is 2. The minimum atomic E-state index is -1.07. The number of anilines is 2. The number of carbonyl (C=O) groups excluding carboxylic acids is 2. The van der Waals surface area contributed by atoms with Crippen LogP contribution < -0.4 is 10.2 Å². The van der Waals surface area contributed by atoms with Crippen molar-refractivity contribution >= 4 is 34.9 Å². The lowest BCUT2D eigenvalue weighted by molar-refractivity contribution is -0.126. The molecule has 5 rings (SSSR count). The van der Waals surface area contributed by atoms with E-state index in [1.165, 1.54) is 0 Å². The summed E-state index contributed by atoms with van der Waals surface area (Å²) in [6, 6.07) is 15.0. The number of amides is 2. The van der Waals surface area contributed by atoms with E-state index in [0.29, 0.717) is 28.6 Å². The van der Waals surface area contributed by atoms with E-state index in [2.05, 4.69) is 10.4 Å². The summed E-state index contributed by atoms with van der Waals surface area (Å²) in [4.78, 5) is 28.3. The van der Waals surface area contributed by atoms with E-state index in [1.807, 2.05) is 49.4 Å². The molecule has 7 heteroatoms. The van der Waals surface area contributed by atoms with Gasteiger partial charge in [-0.15, -0.1) is 0 Å². The molecule has 0 aliphatic carbocycles. The molecule has 2 aromatic carbocycles. The quantitative estimate of drug-likeness (QED) is 0.717. The van der Waals surface area contributed by atoms with Crippen molar-refractivity contribution in [3.05, 3.63) is 70.9 Å². The molecule has 2 aliphatic heterocycles. The second-order valence-corrected chi connectivity index (χ2v) is 7.78. The third-order valence-corrected chi connectivity index (χ3v) is 6.02. The van der Waals surface area contributed by atoms with Gasteiger partial charge in [0.1, 0.15) is 11.2 Å². The fraction of sp³-hybridized carbons (Fsp3) is 0.227. The van der Waals surface area contributed by atoms with Gasteiger partial charge in [0.15, 0.2) is 0 Å². The normalized spacial score (nSPS) is 20.0. The van der Waals surface area contributed by atoms with Crippen molar-refractivity contribution < 1.29 is 9.59 Å². The number of nitrogens with zero attached hydrogens (tertiary/aromatic N) is 3. The van der Waals surface area contributed by atoms with Crippen LogP contribution in [0, 0.1) is 0 Å². The summed E-state index contributed by atoms with van der Waals surface area (Å²) in [7, 11) is 0. The van der Waals surface area contributed by atoms with Crippen molar-refractivity contribution in [2.75, 3.05) is 16.8 Å². The number of nitrogens with one attached hydrogen (secondary N) is 1. The second-order valence-electron chi connectivity index (χ2n) is 7.37. The van der Waals surface area contributed by atoms with Crippen molar-refractivity contribution in [3.63, 3.8) is 0 Å². The molecule has 0 fully saturated rings. The minimum absolute atomic E-state index is 0.0598. The summed E-state index contributed by atoms with van der Waals surface area (Å²) in [5, 5.41) is 7.94. The molecule has 0 saturated heterocycles. The highest BCUT2D eigenvalue weighted by atomic mass is 35.5. The molecule has 0 saturated carbocycles. The topological polar surface area (TPSA) is 67.2 Å². The van der Waals surface area contributed by atoms with Gasteiger partial charge in [0.25, 0.3) is 0 Å². The van der Waals surface area contributed by atoms with Gasteiger partial charge in [-0.25, -0.2) is 4.68 Å². The van der Waals surface area contributed by atoms with Crippen LogP contribution in [0.25, 0.3) is 5.69 Å². The molecule has 1 aromatic heterocycles. The monoisotopic (exact) mass is 406 g/mol. The summed E-state index contributed by atoms with van der Waals surface area (Å²) in [5.41, 5.74) is 2.01. The summed E-state index contributed by atoms with van der Waals surface area (Å²) in [6.45, 7) is 2.64. The standard InChI is InChI=1S/C22H19ClN4O2/c1-2-11-26-17-9-5-3-7-14(17)22(21(26)29)12-19(28)25-20-15(22)13-24-27(20)18-10-6-4-8-16(18)23/h3-10,13H,2,11-12H2,1H3,(H,25,28). The van der Waals surface area contributed by atoms with E-state index in [-0.39, 0.29) is 18.2 Å². The zero-order valence-electron chi connectivity index (χ0n) is 15.9. The molecule has 3 aromatic rings. The molecule has 1 spiro atoms. The van der Waals surface area contributed by atoms with Gasteiger partial charge in [0.05, 0.1) is 16.9 Å². The second kappa shape index (κ2) is 6.46. The Kier molecular flexibility index (Phi) is 3.99. The molecular weight excluding hydrogens is 388 g/mol. The summed E-state index contributed by atoms with van der Waals surface area (Å²) < 4.78 is 1.61. The number of para-hydroxylation sites is 2. The maximum Gasteiger partial charge on any atom is 0.242 e. The van der Waals surface area contributed by atoms with E-state index in [9.17, 15) is 9.59 Å². The summed E-state index contributed by atoms with van der Waals surface area (Å²) in [6.07, 6.45) is 2.57. The van der Waals surface area contributed by atoms with Gasteiger partial charge in [0, 0.05) is 24.2 Å². The van der Waals surface area contributed by atoms with Crippen molar-refractivity contribution in [1.29, 1.82) is 0 Å². The van der Waals surface area contributed by atoms with E-state index >= 15 is 0 Å².